The van der Waals surface area contributed by atoms with Crippen LogP contribution in [0.3, 0.4) is 0 Å². The number of imide groups is 1. The molecule has 0 radical (unpaired) electrons. The monoisotopic (exact) mass is 321 g/mol. The van der Waals surface area contributed by atoms with Crippen molar-refractivity contribution in [3.8, 4) is 0 Å². The number of rotatable bonds is 3. The van der Waals surface area contributed by atoms with E-state index < -0.39 is 18.0 Å². The Morgan fingerprint density at radius 3 is 2.61 bits per heavy atom. The number of carbonyl (C=O) groups is 3. The van der Waals surface area contributed by atoms with Crippen molar-refractivity contribution in [1.82, 2.24) is 15.1 Å². The average molecular weight is 321 g/mol. The molecular weight excluding hydrogens is 305 g/mol. The number of β-amino-alcohol motifs (C(OH)–C–C–N with tert-alkyl or cyclic N) is 1. The molecule has 2 N–H and O–H groups in total. The van der Waals surface area contributed by atoms with Gasteiger partial charge in [-0.2, -0.15) is 0 Å². The van der Waals surface area contributed by atoms with Gasteiger partial charge in [0.15, 0.2) is 0 Å². The van der Waals surface area contributed by atoms with Crippen LogP contribution in [0.2, 0.25) is 0 Å². The highest BCUT2D eigenvalue weighted by atomic mass is 19.1. The molecular formula is C15H16FN3O4. The highest BCUT2D eigenvalue weighted by Crippen LogP contribution is 2.32. The summed E-state index contributed by atoms with van der Waals surface area (Å²) in [5, 5.41) is 12.0. The molecule has 122 valence electrons. The minimum absolute atomic E-state index is 0.143. The Morgan fingerprint density at radius 2 is 2.00 bits per heavy atom. The van der Waals surface area contributed by atoms with Crippen LogP contribution in [0.15, 0.2) is 24.3 Å². The number of benzene rings is 1. The molecule has 0 aromatic heterocycles. The van der Waals surface area contributed by atoms with Gasteiger partial charge in [-0.1, -0.05) is 12.1 Å². The Morgan fingerprint density at radius 1 is 1.30 bits per heavy atom. The van der Waals surface area contributed by atoms with Gasteiger partial charge in [0.25, 0.3) is 0 Å². The van der Waals surface area contributed by atoms with E-state index in [1.54, 1.807) is 12.1 Å². The maximum absolute atomic E-state index is 13.0. The van der Waals surface area contributed by atoms with Crippen LogP contribution in [0.25, 0.3) is 0 Å². The molecule has 2 heterocycles. The van der Waals surface area contributed by atoms with Crippen molar-refractivity contribution in [3.63, 3.8) is 0 Å². The van der Waals surface area contributed by atoms with Crippen molar-refractivity contribution in [2.24, 2.45) is 0 Å². The number of nitrogens with zero attached hydrogens (tertiary/aromatic N) is 2. The quantitative estimate of drug-likeness (QED) is 0.768. The number of halogens is 1. The lowest BCUT2D eigenvalue weighted by Gasteiger charge is -2.26. The lowest BCUT2D eigenvalue weighted by molar-refractivity contribution is -0.133. The fraction of sp³-hybridized carbons (Fsp3) is 0.400. The maximum atomic E-state index is 13.0. The number of aliphatic hydroxyl groups is 1. The summed E-state index contributed by atoms with van der Waals surface area (Å²) in [6.07, 6.45) is -0.328. The van der Waals surface area contributed by atoms with Gasteiger partial charge in [0, 0.05) is 6.54 Å². The SMILES string of the molecule is O=C1CN(CC(=O)N2CC(O)CC2c2ccc(F)cc2)C(=O)N1. The molecule has 7 nitrogen and oxygen atoms in total. The van der Waals surface area contributed by atoms with Crippen LogP contribution in [0.5, 0.6) is 0 Å². The van der Waals surface area contributed by atoms with E-state index in [1.165, 1.54) is 17.0 Å². The summed E-state index contributed by atoms with van der Waals surface area (Å²) in [6, 6.07) is 4.78. The molecule has 1 aromatic rings. The van der Waals surface area contributed by atoms with E-state index in [0.717, 1.165) is 10.5 Å². The van der Waals surface area contributed by atoms with Gasteiger partial charge in [0.1, 0.15) is 18.9 Å². The Labute approximate surface area is 131 Å². The summed E-state index contributed by atoms with van der Waals surface area (Å²) in [5.74, 6) is -1.18. The second-order valence-electron chi connectivity index (χ2n) is 5.71. The molecule has 8 heteroatoms. The van der Waals surface area contributed by atoms with Gasteiger partial charge in [-0.3, -0.25) is 14.9 Å². The number of likely N-dealkylation sites (tertiary alicyclic amines) is 1. The van der Waals surface area contributed by atoms with Crippen molar-refractivity contribution < 1.29 is 23.9 Å². The van der Waals surface area contributed by atoms with E-state index in [0.29, 0.717) is 6.42 Å². The van der Waals surface area contributed by atoms with Crippen molar-refractivity contribution in [3.05, 3.63) is 35.6 Å². The first-order valence-electron chi connectivity index (χ1n) is 7.26. The third-order valence-corrected chi connectivity index (χ3v) is 4.05. The fourth-order valence-corrected chi connectivity index (χ4v) is 2.96. The third kappa shape index (κ3) is 3.16. The first kappa shape index (κ1) is 15.4. The number of nitrogens with one attached hydrogen (secondary N) is 1. The topological polar surface area (TPSA) is 90.0 Å². The number of hydrogen-bond donors (Lipinski definition) is 2. The molecule has 0 bridgehead atoms. The number of urea groups is 1. The molecule has 0 spiro atoms. The standard InChI is InChI=1S/C15H16FN3O4/c16-10-3-1-9(2-4-10)12-5-11(20)6-19(12)14(22)8-18-7-13(21)17-15(18)23/h1-4,11-12,20H,5-8H2,(H,17,21,23). The van der Waals surface area contributed by atoms with Crippen LogP contribution >= 0.6 is 0 Å². The molecule has 0 aliphatic carbocycles. The van der Waals surface area contributed by atoms with E-state index in [2.05, 4.69) is 5.32 Å². The highest BCUT2D eigenvalue weighted by Gasteiger charge is 2.37. The summed E-state index contributed by atoms with van der Waals surface area (Å²) < 4.78 is 13.0. The predicted molar refractivity (Wildman–Crippen MR) is 76.6 cm³/mol. The van der Waals surface area contributed by atoms with Crippen LogP contribution in [-0.2, 0) is 9.59 Å². The molecule has 2 saturated heterocycles. The van der Waals surface area contributed by atoms with Crippen LogP contribution in [0, 0.1) is 5.82 Å². The first-order chi connectivity index (χ1) is 10.9. The van der Waals surface area contributed by atoms with E-state index in [9.17, 15) is 23.9 Å². The molecule has 2 fully saturated rings. The maximum Gasteiger partial charge on any atom is 0.325 e. The first-order valence-corrected chi connectivity index (χ1v) is 7.26. The van der Waals surface area contributed by atoms with Crippen molar-refractivity contribution in [1.29, 1.82) is 0 Å². The summed E-state index contributed by atoms with van der Waals surface area (Å²) >= 11 is 0. The van der Waals surface area contributed by atoms with Gasteiger partial charge < -0.3 is 14.9 Å². The molecule has 3 rings (SSSR count). The minimum atomic E-state index is -0.678. The van der Waals surface area contributed by atoms with Crippen LogP contribution in [0.1, 0.15) is 18.0 Å². The molecule has 2 atom stereocenters. The zero-order chi connectivity index (χ0) is 16.6. The fourth-order valence-electron chi connectivity index (χ4n) is 2.96. The van der Waals surface area contributed by atoms with Gasteiger partial charge in [-0.25, -0.2) is 9.18 Å². The van der Waals surface area contributed by atoms with E-state index in [1.807, 2.05) is 0 Å². The molecule has 2 aliphatic heterocycles. The van der Waals surface area contributed by atoms with Crippen molar-refractivity contribution >= 4 is 17.8 Å². The molecule has 2 unspecified atom stereocenters. The average Bonchev–Trinajstić information content (AvgIpc) is 3.02. The van der Waals surface area contributed by atoms with Crippen LogP contribution in [0.4, 0.5) is 9.18 Å². The van der Waals surface area contributed by atoms with Crippen molar-refractivity contribution in [2.75, 3.05) is 19.6 Å². The lowest BCUT2D eigenvalue weighted by Crippen LogP contribution is -2.41. The van der Waals surface area contributed by atoms with E-state index in [4.69, 9.17) is 0 Å². The summed E-state index contributed by atoms with van der Waals surface area (Å²) in [4.78, 5) is 37.7. The van der Waals surface area contributed by atoms with E-state index >= 15 is 0 Å². The molecule has 0 saturated carbocycles. The van der Waals surface area contributed by atoms with Gasteiger partial charge >= 0.3 is 6.03 Å². The van der Waals surface area contributed by atoms with Gasteiger partial charge in [-0.05, 0) is 24.1 Å². The highest BCUT2D eigenvalue weighted by molar-refractivity contribution is 6.03. The van der Waals surface area contributed by atoms with Crippen LogP contribution in [-0.4, -0.2) is 58.5 Å². The number of amides is 4. The zero-order valence-electron chi connectivity index (χ0n) is 12.2. The number of carbonyl (C=O) groups excluding carboxylic acids is 3. The Hall–Kier alpha value is -2.48. The zero-order valence-corrected chi connectivity index (χ0v) is 12.2. The molecule has 1 aromatic carbocycles. The van der Waals surface area contributed by atoms with Crippen LogP contribution < -0.4 is 5.32 Å². The third-order valence-electron chi connectivity index (χ3n) is 4.05. The molecule has 4 amide bonds. The van der Waals surface area contributed by atoms with Crippen molar-refractivity contribution in [2.45, 2.75) is 18.6 Å². The predicted octanol–water partition coefficient (Wildman–Crippen LogP) is 0.0118. The normalized spacial score (nSPS) is 24.3. The molecule has 23 heavy (non-hydrogen) atoms. The molecule has 2 aliphatic rings. The summed E-state index contributed by atoms with van der Waals surface area (Å²) in [7, 11) is 0. The van der Waals surface area contributed by atoms with Gasteiger partial charge in [0.05, 0.1) is 12.1 Å². The Balaban J connectivity index is 1.74. The van der Waals surface area contributed by atoms with Gasteiger partial charge in [-0.15, -0.1) is 0 Å². The lowest BCUT2D eigenvalue weighted by atomic mass is 10.0. The summed E-state index contributed by atoms with van der Waals surface area (Å²) in [6.45, 7) is -0.242. The minimum Gasteiger partial charge on any atom is -0.391 e. The Kier molecular flexibility index (Phi) is 3.99. The smallest absolute Gasteiger partial charge is 0.325 e. The second kappa shape index (κ2) is 5.96. The summed E-state index contributed by atoms with van der Waals surface area (Å²) in [5.41, 5.74) is 0.721. The van der Waals surface area contributed by atoms with Gasteiger partial charge in [0.2, 0.25) is 11.8 Å². The second-order valence-corrected chi connectivity index (χ2v) is 5.71. The Bertz CT molecular complexity index is 649. The number of aliphatic hydroxyl groups excluding tert-OH is 1. The largest absolute Gasteiger partial charge is 0.391 e. The van der Waals surface area contributed by atoms with E-state index in [-0.39, 0.29) is 37.4 Å². The number of hydrogen-bond acceptors (Lipinski definition) is 4.